The number of anilines is 2. The molecule has 0 aliphatic carbocycles. The third kappa shape index (κ3) is 4.33. The van der Waals surface area contributed by atoms with Crippen LogP contribution in [0.3, 0.4) is 0 Å². The van der Waals surface area contributed by atoms with E-state index in [0.717, 1.165) is 16.9 Å². The van der Waals surface area contributed by atoms with Gasteiger partial charge in [0.2, 0.25) is 5.91 Å². The average molecular weight is 284 g/mol. The molecule has 0 radical (unpaired) electrons. The van der Waals surface area contributed by atoms with E-state index in [1.165, 1.54) is 0 Å². The number of para-hydroxylation sites is 2. The molecule has 2 aromatic carbocycles. The van der Waals surface area contributed by atoms with Crippen molar-refractivity contribution in [3.8, 4) is 0 Å². The van der Waals surface area contributed by atoms with Crippen molar-refractivity contribution in [3.05, 3.63) is 60.2 Å². The topological polar surface area (TPSA) is 50.4 Å². The van der Waals surface area contributed by atoms with Crippen molar-refractivity contribution in [2.75, 3.05) is 17.7 Å². The number of amides is 1. The lowest BCUT2D eigenvalue weighted by Crippen LogP contribution is -2.32. The zero-order valence-electron chi connectivity index (χ0n) is 12.3. The molecule has 0 heterocycles. The van der Waals surface area contributed by atoms with E-state index in [1.807, 2.05) is 61.5 Å². The summed E-state index contributed by atoms with van der Waals surface area (Å²) in [6, 6.07) is 16.9. The first-order chi connectivity index (χ1) is 10.2. The molecule has 0 aromatic heterocycles. The van der Waals surface area contributed by atoms with Gasteiger partial charge >= 0.3 is 0 Å². The number of hydrogen-bond acceptors (Lipinski definition) is 3. The van der Waals surface area contributed by atoms with E-state index in [-0.39, 0.29) is 11.9 Å². The van der Waals surface area contributed by atoms with Crippen molar-refractivity contribution >= 4 is 17.3 Å². The van der Waals surface area contributed by atoms with Gasteiger partial charge in [-0.05, 0) is 25.1 Å². The number of benzene rings is 2. The molecule has 2 N–H and O–H groups in total. The highest BCUT2D eigenvalue weighted by molar-refractivity contribution is 5.96. The zero-order valence-corrected chi connectivity index (χ0v) is 12.3. The number of ether oxygens (including phenoxy) is 1. The summed E-state index contributed by atoms with van der Waals surface area (Å²) in [5.41, 5.74) is 2.73. The number of rotatable bonds is 6. The maximum Gasteiger partial charge on any atom is 0.246 e. The van der Waals surface area contributed by atoms with Gasteiger partial charge in [-0.2, -0.15) is 0 Å². The quantitative estimate of drug-likeness (QED) is 0.856. The Balaban J connectivity index is 2.01. The molecule has 1 amide bonds. The number of carbonyl (C=O) groups excluding carboxylic acids is 1. The fourth-order valence-corrected chi connectivity index (χ4v) is 2.01. The number of carbonyl (C=O) groups is 1. The van der Waals surface area contributed by atoms with Crippen LogP contribution in [0.25, 0.3) is 0 Å². The summed E-state index contributed by atoms with van der Waals surface area (Å²) in [5.74, 6) is -0.0755. The van der Waals surface area contributed by atoms with Crippen LogP contribution in [0.15, 0.2) is 54.6 Å². The Morgan fingerprint density at radius 2 is 1.76 bits per heavy atom. The first kappa shape index (κ1) is 15.1. The van der Waals surface area contributed by atoms with Crippen LogP contribution in [-0.4, -0.2) is 19.1 Å². The third-order valence-corrected chi connectivity index (χ3v) is 3.12. The van der Waals surface area contributed by atoms with E-state index < -0.39 is 0 Å². The predicted molar refractivity (Wildman–Crippen MR) is 85.3 cm³/mol. The molecule has 0 saturated carbocycles. The van der Waals surface area contributed by atoms with Gasteiger partial charge in [-0.3, -0.25) is 4.79 Å². The van der Waals surface area contributed by atoms with Crippen LogP contribution in [0.1, 0.15) is 12.5 Å². The molecule has 0 saturated heterocycles. The molecular weight excluding hydrogens is 264 g/mol. The van der Waals surface area contributed by atoms with Crippen LogP contribution in [0, 0.1) is 0 Å². The van der Waals surface area contributed by atoms with E-state index in [1.54, 1.807) is 7.11 Å². The minimum atomic E-state index is -0.344. The minimum absolute atomic E-state index is 0.0755. The molecule has 0 fully saturated rings. The second-order valence-electron chi connectivity index (χ2n) is 4.81. The van der Waals surface area contributed by atoms with Gasteiger partial charge in [-0.1, -0.05) is 36.4 Å². The zero-order chi connectivity index (χ0) is 15.1. The van der Waals surface area contributed by atoms with Crippen LogP contribution in [0.5, 0.6) is 0 Å². The molecule has 4 nitrogen and oxygen atoms in total. The minimum Gasteiger partial charge on any atom is -0.380 e. The fraction of sp³-hybridized carbons (Fsp3) is 0.235. The van der Waals surface area contributed by atoms with Gasteiger partial charge in [-0.25, -0.2) is 0 Å². The largest absolute Gasteiger partial charge is 0.380 e. The summed E-state index contributed by atoms with van der Waals surface area (Å²) in [6.45, 7) is 2.35. The van der Waals surface area contributed by atoms with Crippen molar-refractivity contribution in [1.29, 1.82) is 0 Å². The number of hydrogen-bond donors (Lipinski definition) is 2. The van der Waals surface area contributed by atoms with Crippen LogP contribution in [0.2, 0.25) is 0 Å². The van der Waals surface area contributed by atoms with Gasteiger partial charge in [0.15, 0.2) is 0 Å². The summed E-state index contributed by atoms with van der Waals surface area (Å²) < 4.78 is 5.17. The van der Waals surface area contributed by atoms with Gasteiger partial charge in [0, 0.05) is 24.0 Å². The smallest absolute Gasteiger partial charge is 0.246 e. The lowest BCUT2D eigenvalue weighted by Gasteiger charge is -2.17. The van der Waals surface area contributed by atoms with Crippen molar-refractivity contribution in [2.45, 2.75) is 19.6 Å². The molecule has 1 unspecified atom stereocenters. The standard InChI is InChI=1S/C17H20N2O2/c1-13(17(20)19-15-9-4-3-5-10-15)18-16-11-7-6-8-14(16)12-21-2/h3-11,13,18H,12H2,1-2H3,(H,19,20). The van der Waals surface area contributed by atoms with E-state index in [4.69, 9.17) is 4.74 Å². The molecule has 1 atom stereocenters. The van der Waals surface area contributed by atoms with Crippen molar-refractivity contribution in [1.82, 2.24) is 0 Å². The Hall–Kier alpha value is -2.33. The molecule has 2 rings (SSSR count). The lowest BCUT2D eigenvalue weighted by atomic mass is 10.1. The summed E-state index contributed by atoms with van der Waals surface area (Å²) in [4.78, 5) is 12.2. The van der Waals surface area contributed by atoms with E-state index >= 15 is 0 Å². The summed E-state index contributed by atoms with van der Waals surface area (Å²) in [5, 5.41) is 6.10. The molecule has 4 heteroatoms. The number of nitrogens with one attached hydrogen (secondary N) is 2. The highest BCUT2D eigenvalue weighted by Gasteiger charge is 2.14. The molecule has 21 heavy (non-hydrogen) atoms. The van der Waals surface area contributed by atoms with Crippen LogP contribution in [0.4, 0.5) is 11.4 Å². The normalized spacial score (nSPS) is 11.7. The maximum atomic E-state index is 12.2. The Kier molecular flexibility index (Phi) is 5.35. The van der Waals surface area contributed by atoms with Crippen LogP contribution >= 0.6 is 0 Å². The molecule has 0 spiro atoms. The molecule has 110 valence electrons. The first-order valence-corrected chi connectivity index (χ1v) is 6.90. The fourth-order valence-electron chi connectivity index (χ4n) is 2.01. The maximum absolute atomic E-state index is 12.2. The lowest BCUT2D eigenvalue weighted by molar-refractivity contribution is -0.116. The highest BCUT2D eigenvalue weighted by Crippen LogP contribution is 2.17. The second kappa shape index (κ2) is 7.45. The Labute approximate surface area is 125 Å². The number of methoxy groups -OCH3 is 1. The Morgan fingerprint density at radius 1 is 1.10 bits per heavy atom. The predicted octanol–water partition coefficient (Wildman–Crippen LogP) is 3.27. The van der Waals surface area contributed by atoms with Gasteiger partial charge in [0.05, 0.1) is 6.61 Å². The highest BCUT2D eigenvalue weighted by atomic mass is 16.5. The molecular formula is C17H20N2O2. The Bertz CT molecular complexity index is 584. The van der Waals surface area contributed by atoms with Gasteiger partial charge in [0.25, 0.3) is 0 Å². The van der Waals surface area contributed by atoms with Crippen LogP contribution in [-0.2, 0) is 16.1 Å². The van der Waals surface area contributed by atoms with Crippen molar-refractivity contribution in [2.24, 2.45) is 0 Å². The molecule has 2 aromatic rings. The summed E-state index contributed by atoms with van der Waals surface area (Å²) in [6.07, 6.45) is 0. The van der Waals surface area contributed by atoms with Crippen LogP contribution < -0.4 is 10.6 Å². The SMILES string of the molecule is COCc1ccccc1NC(C)C(=O)Nc1ccccc1. The van der Waals surface area contributed by atoms with E-state index in [2.05, 4.69) is 10.6 Å². The summed E-state index contributed by atoms with van der Waals surface area (Å²) in [7, 11) is 1.66. The summed E-state index contributed by atoms with van der Waals surface area (Å²) >= 11 is 0. The second-order valence-corrected chi connectivity index (χ2v) is 4.81. The van der Waals surface area contributed by atoms with Crippen molar-refractivity contribution < 1.29 is 9.53 Å². The van der Waals surface area contributed by atoms with Crippen molar-refractivity contribution in [3.63, 3.8) is 0 Å². The average Bonchev–Trinajstić information content (AvgIpc) is 2.50. The van der Waals surface area contributed by atoms with E-state index in [0.29, 0.717) is 6.61 Å². The molecule has 0 bridgehead atoms. The Morgan fingerprint density at radius 3 is 2.48 bits per heavy atom. The van der Waals surface area contributed by atoms with Gasteiger partial charge in [-0.15, -0.1) is 0 Å². The third-order valence-electron chi connectivity index (χ3n) is 3.12. The van der Waals surface area contributed by atoms with Gasteiger partial charge in [0.1, 0.15) is 6.04 Å². The first-order valence-electron chi connectivity index (χ1n) is 6.90. The molecule has 0 aliphatic rings. The van der Waals surface area contributed by atoms with Gasteiger partial charge < -0.3 is 15.4 Å². The molecule has 0 aliphatic heterocycles. The monoisotopic (exact) mass is 284 g/mol. The van der Waals surface area contributed by atoms with E-state index in [9.17, 15) is 4.79 Å².